The Kier molecular flexibility index (Phi) is 15.5. The predicted octanol–water partition coefficient (Wildman–Crippen LogP) is 3.04. The van der Waals surface area contributed by atoms with Crippen LogP contribution in [-0.2, 0) is 28.5 Å². The van der Waals surface area contributed by atoms with E-state index < -0.39 is 0 Å². The topological polar surface area (TPSA) is 71.1 Å². The van der Waals surface area contributed by atoms with Crippen molar-refractivity contribution in [1.82, 2.24) is 0 Å². The minimum atomic E-state index is -0.348. The number of esters is 2. The van der Waals surface area contributed by atoms with Crippen molar-refractivity contribution >= 4 is 11.9 Å². The summed E-state index contributed by atoms with van der Waals surface area (Å²) in [7, 11) is 1.68. The van der Waals surface area contributed by atoms with E-state index in [1.54, 1.807) is 14.0 Å². The molecule has 0 atom stereocenters. The lowest BCUT2D eigenvalue weighted by molar-refractivity contribution is -0.145. The summed E-state index contributed by atoms with van der Waals surface area (Å²) in [5.74, 6) is -0.536. The van der Waals surface area contributed by atoms with Gasteiger partial charge >= 0.3 is 11.9 Å². The van der Waals surface area contributed by atoms with Crippen LogP contribution in [0.4, 0.5) is 0 Å². The van der Waals surface area contributed by atoms with Gasteiger partial charge in [0.05, 0.1) is 13.2 Å². The van der Waals surface area contributed by atoms with Crippen molar-refractivity contribution in [2.45, 2.75) is 51.9 Å². The summed E-state index contributed by atoms with van der Waals surface area (Å²) in [4.78, 5) is 22.6. The van der Waals surface area contributed by atoms with Crippen LogP contribution in [0, 0.1) is 0 Å². The summed E-state index contributed by atoms with van der Waals surface area (Å²) in [5.41, 5.74) is 0.414. The summed E-state index contributed by atoms with van der Waals surface area (Å²) < 4.78 is 20.4. The number of carbonyl (C=O) groups excluding carboxylic acids is 2. The van der Waals surface area contributed by atoms with Gasteiger partial charge in [-0.3, -0.25) is 4.79 Å². The maximum atomic E-state index is 11.5. The van der Waals surface area contributed by atoms with Crippen LogP contribution in [0.3, 0.4) is 0 Å². The van der Waals surface area contributed by atoms with Crippen LogP contribution in [0.1, 0.15) is 51.9 Å². The SMILES string of the molecule is C=C(C)C(=O)OCCCCCCC(=O)OCCOCCCCOC. The van der Waals surface area contributed by atoms with Crippen molar-refractivity contribution in [3.05, 3.63) is 12.2 Å². The second-order valence-corrected chi connectivity index (χ2v) is 5.61. The molecule has 0 aromatic heterocycles. The molecule has 6 nitrogen and oxygen atoms in total. The van der Waals surface area contributed by atoms with Crippen molar-refractivity contribution < 1.29 is 28.5 Å². The van der Waals surface area contributed by atoms with Crippen LogP contribution in [0.2, 0.25) is 0 Å². The van der Waals surface area contributed by atoms with E-state index in [-0.39, 0.29) is 11.9 Å². The fraction of sp³-hybridized carbons (Fsp3) is 0.778. The van der Waals surface area contributed by atoms with Crippen molar-refractivity contribution in [2.75, 3.05) is 40.1 Å². The maximum Gasteiger partial charge on any atom is 0.333 e. The molecule has 0 bridgehead atoms. The molecule has 0 radical (unpaired) electrons. The van der Waals surface area contributed by atoms with E-state index in [2.05, 4.69) is 6.58 Å². The first-order valence-corrected chi connectivity index (χ1v) is 8.63. The third-order valence-electron chi connectivity index (χ3n) is 3.23. The largest absolute Gasteiger partial charge is 0.463 e. The molecule has 0 saturated carbocycles. The molecule has 0 rings (SSSR count). The Labute approximate surface area is 145 Å². The highest BCUT2D eigenvalue weighted by molar-refractivity contribution is 5.86. The van der Waals surface area contributed by atoms with E-state index in [1.165, 1.54) is 0 Å². The zero-order chi connectivity index (χ0) is 18.0. The number of unbranched alkanes of at least 4 members (excludes halogenated alkanes) is 4. The number of methoxy groups -OCH3 is 1. The first-order valence-electron chi connectivity index (χ1n) is 8.63. The van der Waals surface area contributed by atoms with E-state index in [0.29, 0.717) is 38.4 Å². The van der Waals surface area contributed by atoms with Gasteiger partial charge in [-0.15, -0.1) is 0 Å². The molecule has 0 amide bonds. The molecule has 0 saturated heterocycles. The van der Waals surface area contributed by atoms with Gasteiger partial charge in [-0.2, -0.15) is 0 Å². The van der Waals surface area contributed by atoms with Crippen LogP contribution in [0.25, 0.3) is 0 Å². The Hall–Kier alpha value is -1.40. The average Bonchev–Trinajstić information content (AvgIpc) is 2.56. The summed E-state index contributed by atoms with van der Waals surface area (Å²) in [5, 5.41) is 0. The minimum Gasteiger partial charge on any atom is -0.463 e. The van der Waals surface area contributed by atoms with Gasteiger partial charge in [0.15, 0.2) is 0 Å². The lowest BCUT2D eigenvalue weighted by Crippen LogP contribution is -2.11. The minimum absolute atomic E-state index is 0.188. The highest BCUT2D eigenvalue weighted by Crippen LogP contribution is 2.05. The fourth-order valence-corrected chi connectivity index (χ4v) is 1.85. The Bertz CT molecular complexity index is 353. The van der Waals surface area contributed by atoms with Crippen molar-refractivity contribution in [2.24, 2.45) is 0 Å². The van der Waals surface area contributed by atoms with Crippen LogP contribution in [0.5, 0.6) is 0 Å². The van der Waals surface area contributed by atoms with Gasteiger partial charge in [-0.1, -0.05) is 19.4 Å². The average molecular weight is 344 g/mol. The van der Waals surface area contributed by atoms with Crippen LogP contribution in [0.15, 0.2) is 12.2 Å². The monoisotopic (exact) mass is 344 g/mol. The molecule has 0 fully saturated rings. The molecule has 24 heavy (non-hydrogen) atoms. The molecule has 0 unspecified atom stereocenters. The number of ether oxygens (including phenoxy) is 4. The fourth-order valence-electron chi connectivity index (χ4n) is 1.85. The molecule has 0 aromatic carbocycles. The number of hydrogen-bond donors (Lipinski definition) is 0. The van der Waals surface area contributed by atoms with Crippen LogP contribution in [-0.4, -0.2) is 52.1 Å². The first-order chi connectivity index (χ1) is 11.6. The molecular weight excluding hydrogens is 312 g/mol. The summed E-state index contributed by atoms with van der Waals surface area (Å²) in [6.45, 7) is 7.69. The first kappa shape index (κ1) is 22.6. The molecule has 6 heteroatoms. The Morgan fingerprint density at radius 3 is 2.17 bits per heavy atom. The van der Waals surface area contributed by atoms with Gasteiger partial charge in [0.25, 0.3) is 0 Å². The number of carbonyl (C=O) groups is 2. The molecule has 0 N–H and O–H groups in total. The smallest absolute Gasteiger partial charge is 0.333 e. The van der Waals surface area contributed by atoms with Gasteiger partial charge in [0.2, 0.25) is 0 Å². The second kappa shape index (κ2) is 16.5. The van der Waals surface area contributed by atoms with Gasteiger partial charge in [-0.05, 0) is 32.6 Å². The van der Waals surface area contributed by atoms with E-state index >= 15 is 0 Å². The lowest BCUT2D eigenvalue weighted by atomic mass is 10.1. The lowest BCUT2D eigenvalue weighted by Gasteiger charge is -2.06. The maximum absolute atomic E-state index is 11.5. The third-order valence-corrected chi connectivity index (χ3v) is 3.23. The molecule has 140 valence electrons. The van der Waals surface area contributed by atoms with Crippen molar-refractivity contribution in [3.63, 3.8) is 0 Å². The summed E-state index contributed by atoms with van der Waals surface area (Å²) in [6, 6.07) is 0. The van der Waals surface area contributed by atoms with E-state index in [9.17, 15) is 9.59 Å². The molecule has 0 heterocycles. The van der Waals surface area contributed by atoms with Crippen LogP contribution < -0.4 is 0 Å². The highest BCUT2D eigenvalue weighted by atomic mass is 16.6. The van der Waals surface area contributed by atoms with Gasteiger partial charge in [0, 0.05) is 32.3 Å². The molecular formula is C18H32O6. The van der Waals surface area contributed by atoms with Gasteiger partial charge in [-0.25, -0.2) is 4.79 Å². The third kappa shape index (κ3) is 15.5. The van der Waals surface area contributed by atoms with Crippen LogP contribution >= 0.6 is 0 Å². The van der Waals surface area contributed by atoms with Gasteiger partial charge < -0.3 is 18.9 Å². The molecule has 0 aliphatic carbocycles. The molecule has 0 spiro atoms. The quantitative estimate of drug-likeness (QED) is 0.243. The van der Waals surface area contributed by atoms with E-state index in [4.69, 9.17) is 18.9 Å². The second-order valence-electron chi connectivity index (χ2n) is 5.61. The number of hydrogen-bond acceptors (Lipinski definition) is 6. The van der Waals surface area contributed by atoms with Gasteiger partial charge in [0.1, 0.15) is 6.61 Å². The Morgan fingerprint density at radius 2 is 1.46 bits per heavy atom. The number of rotatable bonds is 16. The predicted molar refractivity (Wildman–Crippen MR) is 91.7 cm³/mol. The van der Waals surface area contributed by atoms with E-state index in [1.807, 2.05) is 0 Å². The Balaban J connectivity index is 3.27. The zero-order valence-electron chi connectivity index (χ0n) is 15.1. The summed E-state index contributed by atoms with van der Waals surface area (Å²) >= 11 is 0. The van der Waals surface area contributed by atoms with Crippen molar-refractivity contribution in [1.29, 1.82) is 0 Å². The standard InChI is InChI=1S/C18H32O6/c1-16(2)18(20)24-13-7-5-4-6-10-17(19)23-15-14-22-12-9-8-11-21-3/h1,4-15H2,2-3H3. The molecule has 0 aromatic rings. The molecule has 0 aliphatic heterocycles. The highest BCUT2D eigenvalue weighted by Gasteiger charge is 2.04. The zero-order valence-corrected chi connectivity index (χ0v) is 15.1. The molecule has 0 aliphatic rings. The summed E-state index contributed by atoms with van der Waals surface area (Å²) in [6.07, 6.45) is 5.75. The normalized spacial score (nSPS) is 10.4. The Morgan fingerprint density at radius 1 is 0.792 bits per heavy atom. The van der Waals surface area contributed by atoms with E-state index in [0.717, 1.165) is 45.1 Å². The van der Waals surface area contributed by atoms with Crippen molar-refractivity contribution in [3.8, 4) is 0 Å².